The first-order valence-electron chi connectivity index (χ1n) is 11.6. The summed E-state index contributed by atoms with van der Waals surface area (Å²) in [6.07, 6.45) is 4.84. The number of nitrogens with zero attached hydrogens (tertiary/aromatic N) is 1. The molecule has 34 heavy (non-hydrogen) atoms. The summed E-state index contributed by atoms with van der Waals surface area (Å²) in [5.74, 6) is -0.996. The summed E-state index contributed by atoms with van der Waals surface area (Å²) in [7, 11) is 1.55. The van der Waals surface area contributed by atoms with E-state index in [1.807, 2.05) is 0 Å². The van der Waals surface area contributed by atoms with E-state index < -0.39 is 11.7 Å². The van der Waals surface area contributed by atoms with Crippen molar-refractivity contribution >= 4 is 11.8 Å². The summed E-state index contributed by atoms with van der Waals surface area (Å²) in [6.45, 7) is 2.01. The van der Waals surface area contributed by atoms with Crippen LogP contribution in [0.5, 0.6) is 17.4 Å². The summed E-state index contributed by atoms with van der Waals surface area (Å²) in [5.41, 5.74) is 2.04. The monoisotopic (exact) mass is 463 g/mol. The molecule has 0 unspecified atom stereocenters. The minimum Gasteiger partial charge on any atom is -0.503 e. The zero-order chi connectivity index (χ0) is 24.2. The highest BCUT2D eigenvalue weighted by Crippen LogP contribution is 2.46. The molecule has 1 aliphatic rings. The van der Waals surface area contributed by atoms with E-state index in [1.165, 1.54) is 4.57 Å². The topological polar surface area (TPSA) is 98.0 Å². The molecule has 7 heteroatoms. The number of aromatic nitrogens is 1. The standard InChI is InChI=1S/C27H29NO6/c1-3-34-27(32)19-9-13-20(14-10-19)28-23(17-7-5-4-6-8-17)22(25(30)26(28)31)24(29)18-11-15-21(33-2)16-12-18/h9-17,30-31H,3-8H2,1-2H3. The number of esters is 1. The van der Waals surface area contributed by atoms with Crippen molar-refractivity contribution in [1.82, 2.24) is 4.57 Å². The quantitative estimate of drug-likeness (QED) is 0.362. The summed E-state index contributed by atoms with van der Waals surface area (Å²) >= 11 is 0. The van der Waals surface area contributed by atoms with Gasteiger partial charge < -0.3 is 19.7 Å². The maximum Gasteiger partial charge on any atom is 0.338 e. The molecule has 0 amide bonds. The fraction of sp³-hybridized carbons (Fsp3) is 0.333. The normalized spacial score (nSPS) is 14.1. The van der Waals surface area contributed by atoms with Gasteiger partial charge in [-0.15, -0.1) is 0 Å². The number of aromatic hydroxyl groups is 2. The van der Waals surface area contributed by atoms with Gasteiger partial charge in [-0.1, -0.05) is 19.3 Å². The minimum atomic E-state index is -0.434. The Morgan fingerprint density at radius 2 is 1.56 bits per heavy atom. The van der Waals surface area contributed by atoms with E-state index in [9.17, 15) is 19.8 Å². The van der Waals surface area contributed by atoms with Crippen molar-refractivity contribution < 1.29 is 29.3 Å². The molecule has 0 aliphatic heterocycles. The Hall–Kier alpha value is -3.74. The van der Waals surface area contributed by atoms with E-state index in [4.69, 9.17) is 9.47 Å². The maximum atomic E-state index is 13.6. The van der Waals surface area contributed by atoms with Gasteiger partial charge in [0.25, 0.3) is 0 Å². The molecule has 7 nitrogen and oxygen atoms in total. The first-order valence-corrected chi connectivity index (χ1v) is 11.6. The van der Waals surface area contributed by atoms with Crippen molar-refractivity contribution in [1.29, 1.82) is 0 Å². The van der Waals surface area contributed by atoms with E-state index in [2.05, 4.69) is 0 Å². The van der Waals surface area contributed by atoms with Crippen LogP contribution in [0.15, 0.2) is 48.5 Å². The number of hydrogen-bond donors (Lipinski definition) is 2. The lowest BCUT2D eigenvalue weighted by Crippen LogP contribution is -2.15. The number of ketones is 1. The van der Waals surface area contributed by atoms with Gasteiger partial charge in [-0.25, -0.2) is 4.79 Å². The molecule has 0 atom stereocenters. The molecule has 1 aliphatic carbocycles. The van der Waals surface area contributed by atoms with Crippen LogP contribution >= 0.6 is 0 Å². The Morgan fingerprint density at radius 1 is 0.941 bits per heavy atom. The van der Waals surface area contributed by atoms with Crippen LogP contribution in [0.2, 0.25) is 0 Å². The molecular weight excluding hydrogens is 434 g/mol. The van der Waals surface area contributed by atoms with Gasteiger partial charge in [0.05, 0.1) is 24.8 Å². The van der Waals surface area contributed by atoms with Gasteiger partial charge in [-0.05, 0) is 68.3 Å². The summed E-state index contributed by atoms with van der Waals surface area (Å²) in [6, 6.07) is 13.3. The number of methoxy groups -OCH3 is 1. The molecule has 3 aromatic rings. The predicted octanol–water partition coefficient (Wildman–Crippen LogP) is 5.35. The van der Waals surface area contributed by atoms with Gasteiger partial charge in [0, 0.05) is 22.9 Å². The highest BCUT2D eigenvalue weighted by molar-refractivity contribution is 6.12. The zero-order valence-corrected chi connectivity index (χ0v) is 19.4. The van der Waals surface area contributed by atoms with Crippen LogP contribution in [0.25, 0.3) is 5.69 Å². The number of ether oxygens (including phenoxy) is 2. The molecule has 0 radical (unpaired) electrons. The lowest BCUT2D eigenvalue weighted by Gasteiger charge is -2.25. The second-order valence-electron chi connectivity index (χ2n) is 8.43. The fourth-order valence-corrected chi connectivity index (χ4v) is 4.66. The minimum absolute atomic E-state index is 0.00230. The smallest absolute Gasteiger partial charge is 0.338 e. The average Bonchev–Trinajstić information content (AvgIpc) is 3.14. The first kappa shape index (κ1) is 23.4. The molecule has 0 spiro atoms. The Morgan fingerprint density at radius 3 is 2.15 bits per heavy atom. The first-order chi connectivity index (χ1) is 16.5. The van der Waals surface area contributed by atoms with E-state index >= 15 is 0 Å². The largest absolute Gasteiger partial charge is 0.503 e. The molecule has 0 saturated heterocycles. The summed E-state index contributed by atoms with van der Waals surface area (Å²) in [5, 5.41) is 21.9. The van der Waals surface area contributed by atoms with Crippen LogP contribution in [0.1, 0.15) is 76.9 Å². The van der Waals surface area contributed by atoms with Crippen LogP contribution < -0.4 is 4.74 Å². The van der Waals surface area contributed by atoms with Gasteiger partial charge in [-0.2, -0.15) is 0 Å². The molecule has 1 saturated carbocycles. The van der Waals surface area contributed by atoms with E-state index in [1.54, 1.807) is 62.6 Å². The van der Waals surface area contributed by atoms with Crippen molar-refractivity contribution in [3.05, 3.63) is 70.9 Å². The van der Waals surface area contributed by atoms with E-state index in [-0.39, 0.29) is 29.8 Å². The van der Waals surface area contributed by atoms with Crippen LogP contribution in [0.3, 0.4) is 0 Å². The average molecular weight is 464 g/mol. The van der Waals surface area contributed by atoms with Gasteiger partial charge >= 0.3 is 5.97 Å². The van der Waals surface area contributed by atoms with Gasteiger partial charge in [0.2, 0.25) is 5.88 Å². The molecular formula is C27H29NO6. The second-order valence-corrected chi connectivity index (χ2v) is 8.43. The third-order valence-electron chi connectivity index (χ3n) is 6.37. The third kappa shape index (κ3) is 4.38. The third-order valence-corrected chi connectivity index (χ3v) is 6.37. The number of benzene rings is 2. The lowest BCUT2D eigenvalue weighted by molar-refractivity contribution is 0.0526. The lowest BCUT2D eigenvalue weighted by atomic mass is 9.84. The van der Waals surface area contributed by atoms with Crippen molar-refractivity contribution in [2.75, 3.05) is 13.7 Å². The van der Waals surface area contributed by atoms with Crippen LogP contribution in [-0.2, 0) is 4.74 Å². The highest BCUT2D eigenvalue weighted by Gasteiger charge is 2.33. The van der Waals surface area contributed by atoms with Crippen molar-refractivity contribution in [3.8, 4) is 23.1 Å². The SMILES string of the molecule is CCOC(=O)c1ccc(-n2c(O)c(O)c(C(=O)c3ccc(OC)cc3)c2C2CCCCC2)cc1. The molecule has 0 bridgehead atoms. The van der Waals surface area contributed by atoms with Crippen molar-refractivity contribution in [2.45, 2.75) is 44.9 Å². The van der Waals surface area contributed by atoms with Gasteiger partial charge in [-0.3, -0.25) is 9.36 Å². The number of rotatable bonds is 7. The molecule has 1 fully saturated rings. The van der Waals surface area contributed by atoms with Gasteiger partial charge in [0.1, 0.15) is 5.75 Å². The van der Waals surface area contributed by atoms with Crippen LogP contribution in [0, 0.1) is 0 Å². The van der Waals surface area contributed by atoms with Crippen molar-refractivity contribution in [2.24, 2.45) is 0 Å². The maximum absolute atomic E-state index is 13.6. The summed E-state index contributed by atoms with van der Waals surface area (Å²) in [4.78, 5) is 25.6. The second kappa shape index (κ2) is 10.0. The van der Waals surface area contributed by atoms with Gasteiger partial charge in [0.15, 0.2) is 11.5 Å². The molecule has 2 N–H and O–H groups in total. The number of carbonyl (C=O) groups is 2. The molecule has 1 heterocycles. The Labute approximate surface area is 198 Å². The number of carbonyl (C=O) groups excluding carboxylic acids is 2. The highest BCUT2D eigenvalue weighted by atomic mass is 16.5. The predicted molar refractivity (Wildman–Crippen MR) is 127 cm³/mol. The Bertz CT molecular complexity index is 1170. The molecule has 1 aromatic heterocycles. The molecule has 2 aromatic carbocycles. The van der Waals surface area contributed by atoms with Crippen LogP contribution in [0.4, 0.5) is 0 Å². The molecule has 178 valence electrons. The number of hydrogen-bond acceptors (Lipinski definition) is 6. The zero-order valence-electron chi connectivity index (χ0n) is 19.4. The Balaban J connectivity index is 1.83. The van der Waals surface area contributed by atoms with Crippen molar-refractivity contribution in [3.63, 3.8) is 0 Å². The Kier molecular flexibility index (Phi) is 6.91. The van der Waals surface area contributed by atoms with E-state index in [0.717, 1.165) is 32.1 Å². The van der Waals surface area contributed by atoms with Crippen LogP contribution in [-0.4, -0.2) is 40.2 Å². The fourth-order valence-electron chi connectivity index (χ4n) is 4.66. The van der Waals surface area contributed by atoms with E-state index in [0.29, 0.717) is 28.3 Å². The summed E-state index contributed by atoms with van der Waals surface area (Å²) < 4.78 is 11.8. The molecule has 4 rings (SSSR count).